The molecule has 4 aromatic rings. The molecule has 0 bridgehead atoms. The highest BCUT2D eigenvalue weighted by molar-refractivity contribution is 6.02. The lowest BCUT2D eigenvalue weighted by Gasteiger charge is -2.09. The van der Waals surface area contributed by atoms with Crippen molar-refractivity contribution in [3.63, 3.8) is 0 Å². The average Bonchev–Trinajstić information content (AvgIpc) is 3.24. The topological polar surface area (TPSA) is 64.9 Å². The fraction of sp³-hybridized carbons (Fsp3) is 0.154. The second-order valence-corrected chi connectivity index (χ2v) is 7.51. The summed E-state index contributed by atoms with van der Waals surface area (Å²) in [5.41, 5.74) is 6.39. The van der Waals surface area contributed by atoms with Gasteiger partial charge in [0.1, 0.15) is 5.65 Å². The lowest BCUT2D eigenvalue weighted by molar-refractivity contribution is -0.111. The number of nitrogens with one attached hydrogen (secondary N) is 1. The SMILES string of the molecule is COc1ccc(/C=C/C(=O)Nc2cc(-c3cn4cccc(C)c4n3)ccc2C)cc1OC. The molecule has 0 unspecified atom stereocenters. The van der Waals surface area contributed by atoms with Crippen molar-refractivity contribution in [1.29, 1.82) is 0 Å². The average molecular weight is 428 g/mol. The van der Waals surface area contributed by atoms with E-state index in [0.29, 0.717) is 11.5 Å². The Morgan fingerprint density at radius 1 is 1.00 bits per heavy atom. The van der Waals surface area contributed by atoms with Crippen molar-refractivity contribution < 1.29 is 14.3 Å². The first-order valence-corrected chi connectivity index (χ1v) is 10.2. The predicted octanol–water partition coefficient (Wildman–Crippen LogP) is 5.29. The molecular weight excluding hydrogens is 402 g/mol. The maximum absolute atomic E-state index is 12.6. The number of methoxy groups -OCH3 is 2. The van der Waals surface area contributed by atoms with Crippen molar-refractivity contribution in [1.82, 2.24) is 9.38 Å². The van der Waals surface area contributed by atoms with Crippen LogP contribution in [0.3, 0.4) is 0 Å². The molecule has 2 aromatic carbocycles. The van der Waals surface area contributed by atoms with Gasteiger partial charge in [0.2, 0.25) is 5.91 Å². The molecule has 4 rings (SSSR count). The van der Waals surface area contributed by atoms with Crippen LogP contribution in [-0.2, 0) is 4.79 Å². The number of hydrogen-bond acceptors (Lipinski definition) is 4. The van der Waals surface area contributed by atoms with E-state index >= 15 is 0 Å². The molecule has 0 aliphatic rings. The van der Waals surface area contributed by atoms with E-state index in [1.54, 1.807) is 26.4 Å². The highest BCUT2D eigenvalue weighted by Crippen LogP contribution is 2.28. The normalized spacial score (nSPS) is 11.1. The molecule has 32 heavy (non-hydrogen) atoms. The molecule has 0 saturated carbocycles. The Labute approximate surface area is 187 Å². The Morgan fingerprint density at radius 3 is 2.56 bits per heavy atom. The molecule has 0 spiro atoms. The summed E-state index contributed by atoms with van der Waals surface area (Å²) in [5.74, 6) is 1.04. The number of imidazole rings is 1. The van der Waals surface area contributed by atoms with Gasteiger partial charge in [0, 0.05) is 29.7 Å². The summed E-state index contributed by atoms with van der Waals surface area (Å²) in [7, 11) is 3.17. The molecule has 2 aromatic heterocycles. The molecule has 6 nitrogen and oxygen atoms in total. The Morgan fingerprint density at radius 2 is 1.81 bits per heavy atom. The van der Waals surface area contributed by atoms with Gasteiger partial charge in [-0.2, -0.15) is 0 Å². The fourth-order valence-electron chi connectivity index (χ4n) is 3.51. The van der Waals surface area contributed by atoms with E-state index in [-0.39, 0.29) is 5.91 Å². The molecule has 0 aliphatic heterocycles. The molecule has 0 atom stereocenters. The minimum atomic E-state index is -0.217. The third-order valence-corrected chi connectivity index (χ3v) is 5.30. The first-order chi connectivity index (χ1) is 15.5. The third kappa shape index (κ3) is 4.34. The van der Waals surface area contributed by atoms with E-state index in [2.05, 4.69) is 5.32 Å². The molecule has 6 heteroatoms. The lowest BCUT2D eigenvalue weighted by Crippen LogP contribution is -2.09. The summed E-state index contributed by atoms with van der Waals surface area (Å²) >= 11 is 0. The quantitative estimate of drug-likeness (QED) is 0.425. The number of carbonyl (C=O) groups excluding carboxylic acids is 1. The van der Waals surface area contributed by atoms with Crippen molar-refractivity contribution in [2.24, 2.45) is 0 Å². The number of aryl methyl sites for hydroxylation is 2. The number of benzene rings is 2. The first kappa shape index (κ1) is 21.2. The van der Waals surface area contributed by atoms with E-state index in [1.807, 2.05) is 73.1 Å². The van der Waals surface area contributed by atoms with Gasteiger partial charge in [-0.15, -0.1) is 0 Å². The van der Waals surface area contributed by atoms with Crippen LogP contribution < -0.4 is 14.8 Å². The highest BCUT2D eigenvalue weighted by Gasteiger charge is 2.10. The fourth-order valence-corrected chi connectivity index (χ4v) is 3.51. The van der Waals surface area contributed by atoms with Crippen molar-refractivity contribution >= 4 is 23.3 Å². The van der Waals surface area contributed by atoms with Crippen molar-refractivity contribution in [2.45, 2.75) is 13.8 Å². The number of aromatic nitrogens is 2. The molecular formula is C26H25N3O3. The Balaban J connectivity index is 1.54. The second kappa shape index (κ2) is 8.98. The van der Waals surface area contributed by atoms with Gasteiger partial charge in [0.25, 0.3) is 0 Å². The van der Waals surface area contributed by atoms with Crippen LogP contribution >= 0.6 is 0 Å². The van der Waals surface area contributed by atoms with Crippen LogP contribution in [0.5, 0.6) is 11.5 Å². The van der Waals surface area contributed by atoms with Crippen molar-refractivity contribution in [2.75, 3.05) is 19.5 Å². The molecule has 1 N–H and O–H groups in total. The predicted molar refractivity (Wildman–Crippen MR) is 127 cm³/mol. The maximum atomic E-state index is 12.6. The van der Waals surface area contributed by atoms with Gasteiger partial charge in [-0.3, -0.25) is 4.79 Å². The molecule has 0 radical (unpaired) electrons. The van der Waals surface area contributed by atoms with Crippen LogP contribution in [0.25, 0.3) is 23.0 Å². The zero-order valence-corrected chi connectivity index (χ0v) is 18.5. The van der Waals surface area contributed by atoms with Gasteiger partial charge in [0.05, 0.1) is 19.9 Å². The second-order valence-electron chi connectivity index (χ2n) is 7.51. The molecule has 0 fully saturated rings. The monoisotopic (exact) mass is 427 g/mol. The van der Waals surface area contributed by atoms with E-state index in [9.17, 15) is 4.79 Å². The molecule has 0 aliphatic carbocycles. The van der Waals surface area contributed by atoms with Crippen LogP contribution in [-0.4, -0.2) is 29.5 Å². The summed E-state index contributed by atoms with van der Waals surface area (Å²) in [6.45, 7) is 4.00. The Hall–Kier alpha value is -4.06. The van der Waals surface area contributed by atoms with Crippen LogP contribution in [0.2, 0.25) is 0 Å². The van der Waals surface area contributed by atoms with Gasteiger partial charge in [-0.25, -0.2) is 4.98 Å². The number of pyridine rings is 1. The lowest BCUT2D eigenvalue weighted by atomic mass is 10.1. The van der Waals surface area contributed by atoms with Crippen molar-refractivity contribution in [3.8, 4) is 22.8 Å². The van der Waals surface area contributed by atoms with Crippen LogP contribution in [0.1, 0.15) is 16.7 Å². The number of hydrogen-bond donors (Lipinski definition) is 1. The van der Waals surface area contributed by atoms with Crippen LogP contribution in [0, 0.1) is 13.8 Å². The summed E-state index contributed by atoms with van der Waals surface area (Å²) in [6.07, 6.45) is 7.22. The van der Waals surface area contributed by atoms with E-state index in [1.165, 1.54) is 6.08 Å². The number of carbonyl (C=O) groups is 1. The van der Waals surface area contributed by atoms with Gasteiger partial charge < -0.3 is 19.2 Å². The summed E-state index contributed by atoms with van der Waals surface area (Å²) < 4.78 is 12.6. The molecule has 1 amide bonds. The summed E-state index contributed by atoms with van der Waals surface area (Å²) in [6, 6.07) is 15.5. The smallest absolute Gasteiger partial charge is 0.248 e. The number of nitrogens with zero attached hydrogens (tertiary/aromatic N) is 2. The van der Waals surface area contributed by atoms with E-state index < -0.39 is 0 Å². The first-order valence-electron chi connectivity index (χ1n) is 10.2. The van der Waals surface area contributed by atoms with Gasteiger partial charge >= 0.3 is 0 Å². The molecule has 162 valence electrons. The maximum Gasteiger partial charge on any atom is 0.248 e. The number of amides is 1. The molecule has 0 saturated heterocycles. The van der Waals surface area contributed by atoms with Gasteiger partial charge in [-0.1, -0.05) is 24.3 Å². The van der Waals surface area contributed by atoms with Gasteiger partial charge in [0.15, 0.2) is 11.5 Å². The summed E-state index contributed by atoms with van der Waals surface area (Å²) in [4.78, 5) is 17.3. The number of anilines is 1. The van der Waals surface area contributed by atoms with E-state index in [0.717, 1.165) is 39.3 Å². The Kier molecular flexibility index (Phi) is 5.94. The van der Waals surface area contributed by atoms with E-state index in [4.69, 9.17) is 14.5 Å². The standard InChI is InChI=1S/C26H25N3O3/c1-17-7-10-20(22-16-29-13-5-6-18(2)26(29)28-22)15-21(17)27-25(30)12-9-19-8-11-23(31-3)24(14-19)32-4/h5-16H,1-4H3,(H,27,30)/b12-9+. The number of fused-ring (bicyclic) bond motifs is 1. The minimum Gasteiger partial charge on any atom is -0.493 e. The van der Waals surface area contributed by atoms with Crippen LogP contribution in [0.4, 0.5) is 5.69 Å². The zero-order chi connectivity index (χ0) is 22.7. The third-order valence-electron chi connectivity index (χ3n) is 5.30. The zero-order valence-electron chi connectivity index (χ0n) is 18.5. The number of rotatable bonds is 6. The number of ether oxygens (including phenoxy) is 2. The van der Waals surface area contributed by atoms with Gasteiger partial charge in [-0.05, 0) is 60.9 Å². The van der Waals surface area contributed by atoms with Crippen LogP contribution in [0.15, 0.2) is 67.0 Å². The Bertz CT molecular complexity index is 1320. The minimum absolute atomic E-state index is 0.217. The highest BCUT2D eigenvalue weighted by atomic mass is 16.5. The largest absolute Gasteiger partial charge is 0.493 e. The molecule has 2 heterocycles. The summed E-state index contributed by atoms with van der Waals surface area (Å²) in [5, 5.41) is 2.97. The van der Waals surface area contributed by atoms with Crippen molar-refractivity contribution in [3.05, 3.63) is 83.7 Å².